The van der Waals surface area contributed by atoms with E-state index in [2.05, 4.69) is 5.32 Å². The maximum Gasteiger partial charge on any atom is 0.293 e. The standard InChI is InChI=1S/C14H11N3O3/c15-8-11-3-6-13(14(7-11)17(19)20)16-9-10-1-4-12(18)5-2-10/h1-7,16,18H,9H2. The summed E-state index contributed by atoms with van der Waals surface area (Å²) in [5, 5.41) is 31.8. The number of hydrogen-bond acceptors (Lipinski definition) is 5. The molecule has 0 amide bonds. The van der Waals surface area contributed by atoms with Crippen molar-refractivity contribution < 1.29 is 10.0 Å². The van der Waals surface area contributed by atoms with Gasteiger partial charge < -0.3 is 10.4 Å². The fourth-order valence-electron chi connectivity index (χ4n) is 1.71. The molecule has 0 atom stereocenters. The number of hydrogen-bond donors (Lipinski definition) is 2. The molecule has 100 valence electrons. The highest BCUT2D eigenvalue weighted by molar-refractivity contribution is 5.64. The third kappa shape index (κ3) is 3.03. The second-order valence-electron chi connectivity index (χ2n) is 4.12. The van der Waals surface area contributed by atoms with Crippen LogP contribution in [0.3, 0.4) is 0 Å². The Morgan fingerprint density at radius 3 is 2.55 bits per heavy atom. The number of rotatable bonds is 4. The molecule has 0 spiro atoms. The van der Waals surface area contributed by atoms with Crippen LogP contribution in [0.15, 0.2) is 42.5 Å². The number of phenolic OH excluding ortho intramolecular Hbond substituents is 1. The average Bonchev–Trinajstić information content (AvgIpc) is 2.46. The van der Waals surface area contributed by atoms with Crippen LogP contribution in [0.2, 0.25) is 0 Å². The van der Waals surface area contributed by atoms with Gasteiger partial charge in [-0.05, 0) is 29.8 Å². The smallest absolute Gasteiger partial charge is 0.293 e. The summed E-state index contributed by atoms with van der Waals surface area (Å²) in [6, 6.07) is 12.7. The number of nitro benzene ring substituents is 1. The van der Waals surface area contributed by atoms with E-state index in [0.29, 0.717) is 12.2 Å². The van der Waals surface area contributed by atoms with Crippen LogP contribution in [-0.2, 0) is 6.54 Å². The van der Waals surface area contributed by atoms with Gasteiger partial charge in [0.05, 0.1) is 16.6 Å². The van der Waals surface area contributed by atoms with Crippen LogP contribution in [0.4, 0.5) is 11.4 Å². The van der Waals surface area contributed by atoms with Gasteiger partial charge in [0.2, 0.25) is 0 Å². The number of phenols is 1. The Bertz CT molecular complexity index is 675. The second kappa shape index (κ2) is 5.71. The maximum absolute atomic E-state index is 11.0. The van der Waals surface area contributed by atoms with Crippen molar-refractivity contribution in [2.45, 2.75) is 6.54 Å². The lowest BCUT2D eigenvalue weighted by Crippen LogP contribution is -2.02. The summed E-state index contributed by atoms with van der Waals surface area (Å²) < 4.78 is 0. The largest absolute Gasteiger partial charge is 0.508 e. The molecule has 0 saturated carbocycles. The van der Waals surface area contributed by atoms with E-state index in [0.717, 1.165) is 5.56 Å². The third-order valence-electron chi connectivity index (χ3n) is 2.74. The number of nitrogens with one attached hydrogen (secondary N) is 1. The quantitative estimate of drug-likeness (QED) is 0.656. The molecule has 0 bridgehead atoms. The van der Waals surface area contributed by atoms with Crippen molar-refractivity contribution >= 4 is 11.4 Å². The molecule has 0 aliphatic heterocycles. The van der Waals surface area contributed by atoms with Crippen molar-refractivity contribution in [2.24, 2.45) is 0 Å². The molecule has 2 rings (SSSR count). The number of anilines is 1. The van der Waals surface area contributed by atoms with Crippen LogP contribution < -0.4 is 5.32 Å². The molecule has 0 saturated heterocycles. The predicted octanol–water partition coefficient (Wildman–Crippen LogP) is 2.78. The van der Waals surface area contributed by atoms with E-state index in [-0.39, 0.29) is 17.0 Å². The van der Waals surface area contributed by atoms with E-state index in [1.165, 1.54) is 18.2 Å². The van der Waals surface area contributed by atoms with Gasteiger partial charge in [-0.25, -0.2) is 0 Å². The normalized spacial score (nSPS) is 9.75. The first-order valence-corrected chi connectivity index (χ1v) is 5.80. The van der Waals surface area contributed by atoms with Crippen molar-refractivity contribution in [1.82, 2.24) is 0 Å². The Labute approximate surface area is 115 Å². The molecule has 2 aromatic rings. The molecule has 0 aliphatic rings. The molecule has 0 aliphatic carbocycles. The number of aromatic hydroxyl groups is 1. The highest BCUT2D eigenvalue weighted by Gasteiger charge is 2.14. The minimum absolute atomic E-state index is 0.136. The van der Waals surface area contributed by atoms with Gasteiger partial charge >= 0.3 is 0 Å². The first-order chi connectivity index (χ1) is 9.60. The van der Waals surface area contributed by atoms with Gasteiger partial charge in [-0.15, -0.1) is 0 Å². The molecule has 0 unspecified atom stereocenters. The zero-order valence-electron chi connectivity index (χ0n) is 10.4. The zero-order valence-corrected chi connectivity index (χ0v) is 10.4. The molecule has 6 heteroatoms. The summed E-state index contributed by atoms with van der Waals surface area (Å²) in [5.41, 5.74) is 1.33. The summed E-state index contributed by atoms with van der Waals surface area (Å²) in [5.74, 6) is 0.165. The number of nitriles is 1. The summed E-state index contributed by atoms with van der Waals surface area (Å²) in [7, 11) is 0. The van der Waals surface area contributed by atoms with Crippen molar-refractivity contribution in [3.63, 3.8) is 0 Å². The van der Waals surface area contributed by atoms with Gasteiger partial charge in [0.15, 0.2) is 0 Å². The second-order valence-corrected chi connectivity index (χ2v) is 4.12. The van der Waals surface area contributed by atoms with Gasteiger partial charge in [-0.2, -0.15) is 5.26 Å². The predicted molar refractivity (Wildman–Crippen MR) is 73.2 cm³/mol. The lowest BCUT2D eigenvalue weighted by molar-refractivity contribution is -0.384. The Morgan fingerprint density at radius 1 is 1.25 bits per heavy atom. The van der Waals surface area contributed by atoms with Crippen LogP contribution >= 0.6 is 0 Å². The van der Waals surface area contributed by atoms with E-state index in [1.54, 1.807) is 24.3 Å². The Balaban J connectivity index is 2.19. The SMILES string of the molecule is N#Cc1ccc(NCc2ccc(O)cc2)c([N+](=O)[O-])c1. The van der Waals surface area contributed by atoms with Crippen molar-refractivity contribution in [2.75, 3.05) is 5.32 Å². The van der Waals surface area contributed by atoms with Crippen LogP contribution in [-0.4, -0.2) is 10.0 Å². The molecule has 0 heterocycles. The maximum atomic E-state index is 11.0. The van der Waals surface area contributed by atoms with E-state index in [4.69, 9.17) is 5.26 Å². The highest BCUT2D eigenvalue weighted by atomic mass is 16.6. The molecule has 20 heavy (non-hydrogen) atoms. The molecule has 0 aromatic heterocycles. The van der Waals surface area contributed by atoms with Gasteiger partial charge in [0, 0.05) is 12.6 Å². The van der Waals surface area contributed by atoms with Crippen LogP contribution in [0, 0.1) is 21.4 Å². The average molecular weight is 269 g/mol. The lowest BCUT2D eigenvalue weighted by atomic mass is 10.1. The lowest BCUT2D eigenvalue weighted by Gasteiger charge is -2.07. The zero-order chi connectivity index (χ0) is 14.5. The van der Waals surface area contributed by atoms with E-state index < -0.39 is 4.92 Å². The van der Waals surface area contributed by atoms with Gasteiger partial charge in [-0.1, -0.05) is 12.1 Å². The fourth-order valence-corrected chi connectivity index (χ4v) is 1.71. The van der Waals surface area contributed by atoms with Crippen LogP contribution in [0.25, 0.3) is 0 Å². The molecular weight excluding hydrogens is 258 g/mol. The molecular formula is C14H11N3O3. The molecule has 0 radical (unpaired) electrons. The fraction of sp³-hybridized carbons (Fsp3) is 0.0714. The summed E-state index contributed by atoms with van der Waals surface area (Å²) >= 11 is 0. The number of benzene rings is 2. The Kier molecular flexibility index (Phi) is 3.82. The molecule has 0 fully saturated rings. The Hall–Kier alpha value is -3.07. The molecule has 2 N–H and O–H groups in total. The molecule has 6 nitrogen and oxygen atoms in total. The first-order valence-electron chi connectivity index (χ1n) is 5.80. The van der Waals surface area contributed by atoms with E-state index in [1.807, 2.05) is 6.07 Å². The van der Waals surface area contributed by atoms with Crippen molar-refractivity contribution in [3.05, 3.63) is 63.7 Å². The molecule has 2 aromatic carbocycles. The van der Waals surface area contributed by atoms with Gasteiger partial charge in [0.25, 0.3) is 5.69 Å². The minimum atomic E-state index is -0.528. The topological polar surface area (TPSA) is 99.2 Å². The summed E-state index contributed by atoms with van der Waals surface area (Å²) in [4.78, 5) is 10.4. The van der Waals surface area contributed by atoms with Crippen LogP contribution in [0.5, 0.6) is 5.75 Å². The summed E-state index contributed by atoms with van der Waals surface area (Å²) in [6.07, 6.45) is 0. The summed E-state index contributed by atoms with van der Waals surface area (Å²) in [6.45, 7) is 0.382. The van der Waals surface area contributed by atoms with Gasteiger partial charge in [-0.3, -0.25) is 10.1 Å². The highest BCUT2D eigenvalue weighted by Crippen LogP contribution is 2.26. The van der Waals surface area contributed by atoms with Crippen LogP contribution in [0.1, 0.15) is 11.1 Å². The van der Waals surface area contributed by atoms with Crippen molar-refractivity contribution in [3.8, 4) is 11.8 Å². The van der Waals surface area contributed by atoms with E-state index in [9.17, 15) is 15.2 Å². The van der Waals surface area contributed by atoms with Gasteiger partial charge in [0.1, 0.15) is 11.4 Å². The third-order valence-corrected chi connectivity index (χ3v) is 2.74. The first kappa shape index (κ1) is 13.4. The minimum Gasteiger partial charge on any atom is -0.508 e. The Morgan fingerprint density at radius 2 is 1.95 bits per heavy atom. The van der Waals surface area contributed by atoms with Crippen molar-refractivity contribution in [1.29, 1.82) is 5.26 Å². The monoisotopic (exact) mass is 269 g/mol. The van der Waals surface area contributed by atoms with E-state index >= 15 is 0 Å². The number of nitro groups is 1. The number of nitrogens with zero attached hydrogens (tertiary/aromatic N) is 2.